The van der Waals surface area contributed by atoms with Crippen molar-refractivity contribution in [2.45, 2.75) is 20.1 Å². The lowest BCUT2D eigenvalue weighted by molar-refractivity contribution is 0.279. The summed E-state index contributed by atoms with van der Waals surface area (Å²) in [5, 5.41) is 12.0. The molecule has 0 aliphatic heterocycles. The highest BCUT2D eigenvalue weighted by atomic mass is 16.3. The average molecular weight is 218 g/mol. The fraction of sp³-hybridized carbons (Fsp3) is 0.250. The van der Waals surface area contributed by atoms with Crippen molar-refractivity contribution in [2.24, 2.45) is 0 Å². The summed E-state index contributed by atoms with van der Waals surface area (Å²) < 4.78 is 1.51. The molecular weight excluding hydrogens is 204 g/mol. The molecule has 0 unspecified atom stereocenters. The molecule has 0 saturated carbocycles. The first-order chi connectivity index (χ1) is 7.72. The highest BCUT2D eigenvalue weighted by Gasteiger charge is 2.09. The Hall–Kier alpha value is -1.81. The van der Waals surface area contributed by atoms with Gasteiger partial charge >= 0.3 is 0 Å². The molecule has 84 valence electrons. The van der Waals surface area contributed by atoms with Crippen LogP contribution in [-0.2, 0) is 13.2 Å². The van der Waals surface area contributed by atoms with E-state index in [4.69, 9.17) is 5.11 Å². The molecule has 1 aromatic heterocycles. The van der Waals surface area contributed by atoms with Gasteiger partial charge in [-0.2, -0.15) is 0 Å². The van der Waals surface area contributed by atoms with E-state index in [2.05, 4.69) is 5.10 Å². The predicted molar refractivity (Wildman–Crippen MR) is 61.3 cm³/mol. The SMILES string of the molecule is Cc1[nH]n(Cc2ccccc2)c(=O)c1CO. The lowest BCUT2D eigenvalue weighted by atomic mass is 10.2. The Kier molecular flexibility index (Phi) is 2.92. The molecule has 4 heteroatoms. The quantitative estimate of drug-likeness (QED) is 0.808. The zero-order chi connectivity index (χ0) is 11.5. The van der Waals surface area contributed by atoms with Gasteiger partial charge in [0.1, 0.15) is 0 Å². The van der Waals surface area contributed by atoms with Crippen LogP contribution in [0.15, 0.2) is 35.1 Å². The molecule has 0 saturated heterocycles. The van der Waals surface area contributed by atoms with Crippen molar-refractivity contribution >= 4 is 0 Å². The molecule has 4 nitrogen and oxygen atoms in total. The average Bonchev–Trinajstić information content (AvgIpc) is 2.55. The van der Waals surface area contributed by atoms with E-state index in [0.29, 0.717) is 12.1 Å². The third kappa shape index (κ3) is 1.92. The number of benzene rings is 1. The number of aromatic amines is 1. The van der Waals surface area contributed by atoms with Crippen molar-refractivity contribution in [2.75, 3.05) is 0 Å². The number of hydrogen-bond acceptors (Lipinski definition) is 2. The molecule has 0 aliphatic carbocycles. The number of H-pyrrole nitrogens is 1. The molecule has 2 N–H and O–H groups in total. The molecule has 0 aliphatic rings. The summed E-state index contributed by atoms with van der Waals surface area (Å²) in [5.41, 5.74) is 2.07. The molecule has 2 rings (SSSR count). The van der Waals surface area contributed by atoms with E-state index in [1.165, 1.54) is 4.68 Å². The van der Waals surface area contributed by atoms with Crippen molar-refractivity contribution in [3.63, 3.8) is 0 Å². The fourth-order valence-corrected chi connectivity index (χ4v) is 1.71. The van der Waals surface area contributed by atoms with Gasteiger partial charge < -0.3 is 5.11 Å². The molecule has 0 bridgehead atoms. The molecule has 0 fully saturated rings. The summed E-state index contributed by atoms with van der Waals surface area (Å²) in [6, 6.07) is 9.72. The Morgan fingerprint density at radius 1 is 1.31 bits per heavy atom. The molecule has 16 heavy (non-hydrogen) atoms. The second-order valence-corrected chi connectivity index (χ2v) is 3.75. The lowest BCUT2D eigenvalue weighted by Crippen LogP contribution is -2.19. The maximum absolute atomic E-state index is 11.8. The topological polar surface area (TPSA) is 58.0 Å². The van der Waals surface area contributed by atoms with Crippen LogP contribution in [0.3, 0.4) is 0 Å². The normalized spacial score (nSPS) is 10.6. The van der Waals surface area contributed by atoms with Crippen LogP contribution in [0.1, 0.15) is 16.8 Å². The zero-order valence-electron chi connectivity index (χ0n) is 9.10. The van der Waals surface area contributed by atoms with Crippen molar-refractivity contribution < 1.29 is 5.11 Å². The van der Waals surface area contributed by atoms with Crippen LogP contribution < -0.4 is 5.56 Å². The predicted octanol–water partition coefficient (Wildman–Crippen LogP) is 1.03. The first-order valence-electron chi connectivity index (χ1n) is 5.15. The van der Waals surface area contributed by atoms with Crippen LogP contribution in [0.5, 0.6) is 0 Å². The van der Waals surface area contributed by atoms with E-state index in [0.717, 1.165) is 11.3 Å². The minimum Gasteiger partial charge on any atom is -0.391 e. The molecule has 0 atom stereocenters. The van der Waals surface area contributed by atoms with Crippen LogP contribution in [0, 0.1) is 6.92 Å². The smallest absolute Gasteiger partial charge is 0.272 e. The lowest BCUT2D eigenvalue weighted by Gasteiger charge is -2.01. The summed E-state index contributed by atoms with van der Waals surface area (Å²) in [5.74, 6) is 0. The maximum Gasteiger partial charge on any atom is 0.272 e. The van der Waals surface area contributed by atoms with E-state index in [1.807, 2.05) is 30.3 Å². The highest BCUT2D eigenvalue weighted by Crippen LogP contribution is 2.03. The van der Waals surface area contributed by atoms with Crippen LogP contribution >= 0.6 is 0 Å². The third-order valence-electron chi connectivity index (χ3n) is 2.60. The third-order valence-corrected chi connectivity index (χ3v) is 2.60. The van der Waals surface area contributed by atoms with E-state index in [-0.39, 0.29) is 12.2 Å². The van der Waals surface area contributed by atoms with Crippen LogP contribution in [0.4, 0.5) is 0 Å². The van der Waals surface area contributed by atoms with Crippen molar-refractivity contribution in [1.82, 2.24) is 9.78 Å². The monoisotopic (exact) mass is 218 g/mol. The first-order valence-corrected chi connectivity index (χ1v) is 5.15. The Bertz CT molecular complexity index is 526. The van der Waals surface area contributed by atoms with Crippen LogP contribution in [-0.4, -0.2) is 14.9 Å². The fourth-order valence-electron chi connectivity index (χ4n) is 1.71. The van der Waals surface area contributed by atoms with E-state index < -0.39 is 0 Å². The summed E-state index contributed by atoms with van der Waals surface area (Å²) >= 11 is 0. The Labute approximate surface area is 93.1 Å². The summed E-state index contributed by atoms with van der Waals surface area (Å²) in [6.45, 7) is 2.07. The number of hydrogen-bond donors (Lipinski definition) is 2. The first kappa shape index (κ1) is 10.7. The summed E-state index contributed by atoms with van der Waals surface area (Å²) in [4.78, 5) is 11.8. The Balaban J connectivity index is 2.33. The molecular formula is C12H14N2O2. The Morgan fingerprint density at radius 3 is 2.56 bits per heavy atom. The molecule has 1 aromatic carbocycles. The van der Waals surface area contributed by atoms with Crippen LogP contribution in [0.25, 0.3) is 0 Å². The maximum atomic E-state index is 11.8. The zero-order valence-corrected chi connectivity index (χ0v) is 9.10. The minimum absolute atomic E-state index is 0.149. The van der Waals surface area contributed by atoms with Crippen molar-refractivity contribution in [3.8, 4) is 0 Å². The van der Waals surface area contributed by atoms with Gasteiger partial charge in [-0.25, -0.2) is 4.68 Å². The van der Waals surface area contributed by atoms with E-state index >= 15 is 0 Å². The van der Waals surface area contributed by atoms with Crippen molar-refractivity contribution in [1.29, 1.82) is 0 Å². The van der Waals surface area contributed by atoms with Gasteiger partial charge in [0.2, 0.25) is 0 Å². The molecule has 2 aromatic rings. The Morgan fingerprint density at radius 2 is 2.00 bits per heavy atom. The van der Waals surface area contributed by atoms with Crippen molar-refractivity contribution in [3.05, 3.63) is 57.5 Å². The van der Waals surface area contributed by atoms with Gasteiger partial charge in [0.05, 0.1) is 18.7 Å². The number of aliphatic hydroxyl groups excluding tert-OH is 1. The molecule has 1 heterocycles. The minimum atomic E-state index is -0.219. The van der Waals surface area contributed by atoms with Gasteiger partial charge in [-0.15, -0.1) is 0 Å². The van der Waals surface area contributed by atoms with E-state index in [9.17, 15) is 4.79 Å². The number of aryl methyl sites for hydroxylation is 1. The van der Waals surface area contributed by atoms with Crippen LogP contribution in [0.2, 0.25) is 0 Å². The molecule has 0 radical (unpaired) electrons. The largest absolute Gasteiger partial charge is 0.391 e. The van der Waals surface area contributed by atoms with Gasteiger partial charge in [0, 0.05) is 5.69 Å². The standard InChI is InChI=1S/C12H14N2O2/c1-9-11(8-15)12(16)14(13-9)7-10-5-3-2-4-6-10/h2-6,13,15H,7-8H2,1H3. The van der Waals surface area contributed by atoms with Gasteiger partial charge in [0.25, 0.3) is 5.56 Å². The number of nitrogens with zero attached hydrogens (tertiary/aromatic N) is 1. The number of aromatic nitrogens is 2. The molecule has 0 spiro atoms. The number of nitrogens with one attached hydrogen (secondary N) is 1. The summed E-state index contributed by atoms with van der Waals surface area (Å²) in [6.07, 6.45) is 0. The van der Waals surface area contributed by atoms with Gasteiger partial charge in [-0.1, -0.05) is 30.3 Å². The van der Waals surface area contributed by atoms with E-state index in [1.54, 1.807) is 6.92 Å². The second-order valence-electron chi connectivity index (χ2n) is 3.75. The molecule has 0 amide bonds. The summed E-state index contributed by atoms with van der Waals surface area (Å²) in [7, 11) is 0. The van der Waals surface area contributed by atoms with Gasteiger partial charge in [-0.05, 0) is 12.5 Å². The van der Waals surface area contributed by atoms with Gasteiger partial charge in [-0.3, -0.25) is 9.89 Å². The number of rotatable bonds is 3. The number of aliphatic hydroxyl groups is 1. The second kappa shape index (κ2) is 4.37. The highest BCUT2D eigenvalue weighted by molar-refractivity contribution is 5.18. The van der Waals surface area contributed by atoms with Gasteiger partial charge in [0.15, 0.2) is 0 Å².